The molecule has 5 nitrogen and oxygen atoms in total. The second-order valence-electron chi connectivity index (χ2n) is 5.73. The Morgan fingerprint density at radius 1 is 1.33 bits per heavy atom. The molecule has 1 unspecified atom stereocenters. The molecule has 2 N–H and O–H groups in total. The quantitative estimate of drug-likeness (QED) is 0.705. The van der Waals surface area contributed by atoms with Gasteiger partial charge in [-0.15, -0.1) is 0 Å². The Bertz CT molecular complexity index is 323. The highest BCUT2D eigenvalue weighted by Gasteiger charge is 2.30. The highest BCUT2D eigenvalue weighted by Crippen LogP contribution is 2.22. The van der Waals surface area contributed by atoms with Crippen molar-refractivity contribution in [3.05, 3.63) is 0 Å². The minimum atomic E-state index is -3.46. The van der Waals surface area contributed by atoms with Gasteiger partial charge in [0.05, 0.1) is 0 Å². The summed E-state index contributed by atoms with van der Waals surface area (Å²) in [6.07, 6.45) is 2.22. The highest BCUT2D eigenvalue weighted by molar-refractivity contribution is 7.87. The van der Waals surface area contributed by atoms with Crippen molar-refractivity contribution >= 4 is 10.2 Å². The first kappa shape index (κ1) is 17.8. The highest BCUT2D eigenvalue weighted by atomic mass is 32.2. The van der Waals surface area contributed by atoms with Crippen molar-refractivity contribution in [2.45, 2.75) is 53.0 Å². The minimum absolute atomic E-state index is 0.0247. The Morgan fingerprint density at radius 3 is 2.28 bits per heavy atom. The fourth-order valence-electron chi connectivity index (χ4n) is 1.57. The lowest BCUT2D eigenvalue weighted by atomic mass is 9.86. The molecule has 0 aliphatic rings. The number of rotatable bonds is 8. The third-order valence-corrected chi connectivity index (χ3v) is 4.58. The molecule has 0 radical (unpaired) electrons. The number of nitrogens with one attached hydrogen (secondary N) is 1. The van der Waals surface area contributed by atoms with E-state index in [1.54, 1.807) is 7.05 Å². The summed E-state index contributed by atoms with van der Waals surface area (Å²) in [5.74, 6) is 0. The van der Waals surface area contributed by atoms with Crippen LogP contribution in [0.2, 0.25) is 0 Å². The van der Waals surface area contributed by atoms with Crippen LogP contribution in [0, 0.1) is 5.41 Å². The summed E-state index contributed by atoms with van der Waals surface area (Å²) in [4.78, 5) is 0. The van der Waals surface area contributed by atoms with E-state index in [9.17, 15) is 8.42 Å². The van der Waals surface area contributed by atoms with Gasteiger partial charge in [0.25, 0.3) is 10.2 Å². The van der Waals surface area contributed by atoms with Crippen molar-refractivity contribution in [3.63, 3.8) is 0 Å². The predicted octanol–water partition coefficient (Wildman–Crippen LogP) is 1.35. The fourth-order valence-corrected chi connectivity index (χ4v) is 2.95. The average molecular weight is 280 g/mol. The average Bonchev–Trinajstić information content (AvgIpc) is 2.23. The van der Waals surface area contributed by atoms with Crippen LogP contribution in [-0.4, -0.2) is 44.1 Å². The van der Waals surface area contributed by atoms with Crippen LogP contribution in [0.1, 0.15) is 47.0 Å². The summed E-state index contributed by atoms with van der Waals surface area (Å²) in [5, 5.41) is 9.03. The van der Waals surface area contributed by atoms with Gasteiger partial charge in [-0.05, 0) is 18.3 Å². The van der Waals surface area contributed by atoms with Crippen molar-refractivity contribution in [1.29, 1.82) is 0 Å². The van der Waals surface area contributed by atoms with Gasteiger partial charge in [0, 0.05) is 26.2 Å². The zero-order valence-electron chi connectivity index (χ0n) is 12.2. The van der Waals surface area contributed by atoms with E-state index in [-0.39, 0.29) is 18.1 Å². The molecule has 0 aliphatic carbocycles. The van der Waals surface area contributed by atoms with Crippen LogP contribution in [0.5, 0.6) is 0 Å². The summed E-state index contributed by atoms with van der Waals surface area (Å²) < 4.78 is 28.2. The van der Waals surface area contributed by atoms with Crippen molar-refractivity contribution in [2.75, 3.05) is 20.2 Å². The van der Waals surface area contributed by atoms with E-state index in [0.29, 0.717) is 13.0 Å². The van der Waals surface area contributed by atoms with Crippen molar-refractivity contribution in [1.82, 2.24) is 9.03 Å². The SMILES string of the molecule is CCCCN(C)S(=O)(=O)NC(CCO)C(C)(C)C. The van der Waals surface area contributed by atoms with Crippen LogP contribution < -0.4 is 4.72 Å². The molecule has 0 aromatic carbocycles. The van der Waals surface area contributed by atoms with E-state index in [2.05, 4.69) is 4.72 Å². The third-order valence-electron chi connectivity index (χ3n) is 2.99. The molecular weight excluding hydrogens is 252 g/mol. The molecule has 0 rings (SSSR count). The van der Waals surface area contributed by atoms with Crippen LogP contribution in [0.15, 0.2) is 0 Å². The first-order chi connectivity index (χ1) is 8.15. The van der Waals surface area contributed by atoms with E-state index >= 15 is 0 Å². The summed E-state index contributed by atoms with van der Waals surface area (Å²) in [6, 6.07) is -0.267. The van der Waals surface area contributed by atoms with Gasteiger partial charge < -0.3 is 5.11 Å². The fraction of sp³-hybridized carbons (Fsp3) is 1.00. The molecule has 0 heterocycles. The molecular formula is C12H28N2O3S. The first-order valence-electron chi connectivity index (χ1n) is 6.49. The van der Waals surface area contributed by atoms with E-state index in [0.717, 1.165) is 12.8 Å². The number of hydrogen-bond donors (Lipinski definition) is 2. The molecule has 0 amide bonds. The molecule has 0 aliphatic heterocycles. The van der Waals surface area contributed by atoms with Crippen LogP contribution >= 0.6 is 0 Å². The molecule has 6 heteroatoms. The lowest BCUT2D eigenvalue weighted by Crippen LogP contribution is -2.49. The molecule has 110 valence electrons. The smallest absolute Gasteiger partial charge is 0.279 e. The Labute approximate surface area is 112 Å². The second kappa shape index (κ2) is 7.43. The maximum atomic E-state index is 12.1. The summed E-state index contributed by atoms with van der Waals surface area (Å²) in [6.45, 7) is 8.40. The van der Waals surface area contributed by atoms with Crippen LogP contribution in [0.3, 0.4) is 0 Å². The standard InChI is InChI=1S/C12H28N2O3S/c1-6-7-9-14(5)18(16,17)13-11(8-10-15)12(2,3)4/h11,13,15H,6-10H2,1-5H3. The van der Waals surface area contributed by atoms with Gasteiger partial charge >= 0.3 is 0 Å². The van der Waals surface area contributed by atoms with Gasteiger partial charge in [0.2, 0.25) is 0 Å². The van der Waals surface area contributed by atoms with Gasteiger partial charge in [-0.25, -0.2) is 0 Å². The Balaban J connectivity index is 4.70. The Kier molecular flexibility index (Phi) is 7.36. The van der Waals surface area contributed by atoms with Crippen LogP contribution in [0.4, 0.5) is 0 Å². The summed E-state index contributed by atoms with van der Waals surface area (Å²) in [5.41, 5.74) is -0.221. The molecule has 0 saturated heterocycles. The topological polar surface area (TPSA) is 69.6 Å². The van der Waals surface area contributed by atoms with Crippen LogP contribution in [0.25, 0.3) is 0 Å². The Morgan fingerprint density at radius 2 is 1.89 bits per heavy atom. The molecule has 0 aromatic heterocycles. The molecule has 0 bridgehead atoms. The van der Waals surface area contributed by atoms with Crippen molar-refractivity contribution in [3.8, 4) is 0 Å². The van der Waals surface area contributed by atoms with E-state index in [1.165, 1.54) is 4.31 Å². The number of aliphatic hydroxyl groups is 1. The molecule has 0 spiro atoms. The third kappa shape index (κ3) is 6.13. The molecule has 1 atom stereocenters. The van der Waals surface area contributed by atoms with E-state index in [1.807, 2.05) is 27.7 Å². The number of unbranched alkanes of at least 4 members (excludes halogenated alkanes) is 1. The molecule has 18 heavy (non-hydrogen) atoms. The zero-order valence-corrected chi connectivity index (χ0v) is 13.0. The van der Waals surface area contributed by atoms with Gasteiger partial charge in [0.15, 0.2) is 0 Å². The van der Waals surface area contributed by atoms with Crippen molar-refractivity contribution in [2.24, 2.45) is 5.41 Å². The minimum Gasteiger partial charge on any atom is -0.396 e. The first-order valence-corrected chi connectivity index (χ1v) is 7.93. The zero-order chi connectivity index (χ0) is 14.4. The van der Waals surface area contributed by atoms with Crippen molar-refractivity contribution < 1.29 is 13.5 Å². The maximum Gasteiger partial charge on any atom is 0.279 e. The van der Waals surface area contributed by atoms with E-state index in [4.69, 9.17) is 5.11 Å². The largest absolute Gasteiger partial charge is 0.396 e. The summed E-state index contributed by atoms with van der Waals surface area (Å²) in [7, 11) is -1.88. The maximum absolute atomic E-state index is 12.1. The van der Waals surface area contributed by atoms with Gasteiger partial charge in [-0.2, -0.15) is 17.4 Å². The normalized spacial score (nSPS) is 15.1. The molecule has 0 fully saturated rings. The second-order valence-corrected chi connectivity index (χ2v) is 7.54. The van der Waals surface area contributed by atoms with Gasteiger partial charge in [-0.1, -0.05) is 34.1 Å². The lowest BCUT2D eigenvalue weighted by molar-refractivity contribution is 0.212. The van der Waals surface area contributed by atoms with Gasteiger partial charge in [0.1, 0.15) is 0 Å². The molecule has 0 saturated carbocycles. The number of aliphatic hydroxyl groups excluding tert-OH is 1. The number of hydrogen-bond acceptors (Lipinski definition) is 3. The number of nitrogens with zero attached hydrogens (tertiary/aromatic N) is 1. The molecule has 0 aromatic rings. The van der Waals surface area contributed by atoms with Crippen LogP contribution in [-0.2, 0) is 10.2 Å². The summed E-state index contributed by atoms with van der Waals surface area (Å²) >= 11 is 0. The van der Waals surface area contributed by atoms with Gasteiger partial charge in [-0.3, -0.25) is 0 Å². The predicted molar refractivity (Wildman–Crippen MR) is 74.5 cm³/mol. The Hall–Kier alpha value is -0.170. The van der Waals surface area contributed by atoms with E-state index < -0.39 is 10.2 Å². The monoisotopic (exact) mass is 280 g/mol. The lowest BCUT2D eigenvalue weighted by Gasteiger charge is -2.32.